The first kappa shape index (κ1) is 21.6. The van der Waals surface area contributed by atoms with E-state index in [1.807, 2.05) is 35.8 Å². The summed E-state index contributed by atoms with van der Waals surface area (Å²) in [5, 5.41) is 13.1. The molecular weight excluding hydrogens is 551 g/mol. The third-order valence-electron chi connectivity index (χ3n) is 3.74. The molecule has 1 amide bonds. The highest BCUT2D eigenvalue weighted by molar-refractivity contribution is 9.11. The lowest BCUT2D eigenvalue weighted by Crippen LogP contribution is -2.15. The summed E-state index contributed by atoms with van der Waals surface area (Å²) in [7, 11) is 0. The molecule has 2 aromatic carbocycles. The Bertz CT molecular complexity index is 1030. The maximum absolute atomic E-state index is 12.4. The maximum Gasteiger partial charge on any atom is 0.234 e. The molecule has 0 aliphatic heterocycles. The number of anilines is 1. The van der Waals surface area contributed by atoms with Crippen molar-refractivity contribution in [3.63, 3.8) is 0 Å². The van der Waals surface area contributed by atoms with Gasteiger partial charge in [0.2, 0.25) is 5.91 Å². The molecule has 1 aromatic heterocycles. The zero-order valence-corrected chi connectivity index (χ0v) is 20.0. The summed E-state index contributed by atoms with van der Waals surface area (Å²) in [6, 6.07) is 10.8. The minimum absolute atomic E-state index is 0.138. The summed E-state index contributed by atoms with van der Waals surface area (Å²) in [5.41, 5.74) is 1.44. The average molecular weight is 565 g/mol. The SMILES string of the molecule is CCn1c(SCC(=O)Nc2cc(Br)ccc2Br)nnc1-c1ccc(Cl)cc1Cl. The molecule has 0 aliphatic rings. The Labute approximate surface area is 193 Å². The van der Waals surface area contributed by atoms with E-state index in [0.717, 1.165) is 14.5 Å². The first-order chi connectivity index (χ1) is 13.4. The van der Waals surface area contributed by atoms with E-state index in [9.17, 15) is 4.79 Å². The van der Waals surface area contributed by atoms with Gasteiger partial charge in [0.25, 0.3) is 0 Å². The predicted octanol–water partition coefficient (Wildman–Crippen LogP) is 6.53. The number of rotatable bonds is 6. The van der Waals surface area contributed by atoms with Crippen LogP contribution in [0.15, 0.2) is 50.5 Å². The molecule has 28 heavy (non-hydrogen) atoms. The molecule has 0 aliphatic carbocycles. The Balaban J connectivity index is 1.73. The van der Waals surface area contributed by atoms with Crippen molar-refractivity contribution in [1.29, 1.82) is 0 Å². The lowest BCUT2D eigenvalue weighted by Gasteiger charge is -2.10. The fraction of sp³-hybridized carbons (Fsp3) is 0.167. The van der Waals surface area contributed by atoms with Crippen LogP contribution in [0.4, 0.5) is 5.69 Å². The smallest absolute Gasteiger partial charge is 0.234 e. The minimum atomic E-state index is -0.138. The van der Waals surface area contributed by atoms with Crippen molar-refractivity contribution in [2.24, 2.45) is 0 Å². The van der Waals surface area contributed by atoms with E-state index in [1.54, 1.807) is 12.1 Å². The van der Waals surface area contributed by atoms with Gasteiger partial charge >= 0.3 is 0 Å². The van der Waals surface area contributed by atoms with Crippen LogP contribution in [0.1, 0.15) is 6.92 Å². The van der Waals surface area contributed by atoms with Crippen LogP contribution < -0.4 is 5.32 Å². The van der Waals surface area contributed by atoms with Gasteiger partial charge in [0.05, 0.1) is 16.5 Å². The average Bonchev–Trinajstić information content (AvgIpc) is 3.05. The van der Waals surface area contributed by atoms with Crippen LogP contribution in [0.2, 0.25) is 10.0 Å². The van der Waals surface area contributed by atoms with Crippen LogP contribution >= 0.6 is 66.8 Å². The van der Waals surface area contributed by atoms with E-state index in [4.69, 9.17) is 23.2 Å². The molecule has 0 saturated carbocycles. The van der Waals surface area contributed by atoms with Gasteiger partial charge in [0.15, 0.2) is 11.0 Å². The van der Waals surface area contributed by atoms with E-state index < -0.39 is 0 Å². The van der Waals surface area contributed by atoms with Crippen molar-refractivity contribution in [3.05, 3.63) is 55.4 Å². The van der Waals surface area contributed by atoms with Crippen LogP contribution in [0.25, 0.3) is 11.4 Å². The second kappa shape index (κ2) is 9.63. The van der Waals surface area contributed by atoms with Gasteiger partial charge in [0, 0.05) is 26.1 Å². The van der Waals surface area contributed by atoms with Crippen molar-refractivity contribution in [3.8, 4) is 11.4 Å². The summed E-state index contributed by atoms with van der Waals surface area (Å²) < 4.78 is 3.61. The first-order valence-electron chi connectivity index (χ1n) is 8.15. The van der Waals surface area contributed by atoms with Gasteiger partial charge in [-0.15, -0.1) is 10.2 Å². The molecule has 1 heterocycles. The van der Waals surface area contributed by atoms with E-state index in [-0.39, 0.29) is 11.7 Å². The van der Waals surface area contributed by atoms with Gasteiger partial charge in [-0.2, -0.15) is 0 Å². The van der Waals surface area contributed by atoms with Crippen LogP contribution in [0.5, 0.6) is 0 Å². The first-order valence-corrected chi connectivity index (χ1v) is 11.5. The molecule has 1 N–H and O–H groups in total. The fourth-order valence-corrected chi connectivity index (χ4v) is 4.46. The summed E-state index contributed by atoms with van der Waals surface area (Å²) >= 11 is 20.4. The molecule has 5 nitrogen and oxygen atoms in total. The van der Waals surface area contributed by atoms with Crippen molar-refractivity contribution < 1.29 is 4.79 Å². The zero-order valence-electron chi connectivity index (χ0n) is 14.5. The summed E-state index contributed by atoms with van der Waals surface area (Å²) in [6.45, 7) is 2.63. The van der Waals surface area contributed by atoms with Gasteiger partial charge in [-0.1, -0.05) is 50.9 Å². The zero-order chi connectivity index (χ0) is 20.3. The van der Waals surface area contributed by atoms with Gasteiger partial charge in [-0.25, -0.2) is 0 Å². The monoisotopic (exact) mass is 562 g/mol. The number of nitrogens with one attached hydrogen (secondary N) is 1. The number of carbonyl (C=O) groups excluding carboxylic acids is 1. The van der Waals surface area contributed by atoms with Gasteiger partial charge in [0.1, 0.15) is 0 Å². The topological polar surface area (TPSA) is 59.8 Å². The molecular formula is C18H14Br2Cl2N4OS. The molecule has 0 atom stereocenters. The van der Waals surface area contributed by atoms with Crippen molar-refractivity contribution in [2.45, 2.75) is 18.6 Å². The van der Waals surface area contributed by atoms with E-state index >= 15 is 0 Å². The molecule has 0 fully saturated rings. The number of carbonyl (C=O) groups is 1. The number of hydrogen-bond donors (Lipinski definition) is 1. The van der Waals surface area contributed by atoms with Crippen LogP contribution in [0.3, 0.4) is 0 Å². The largest absolute Gasteiger partial charge is 0.324 e. The summed E-state index contributed by atoms with van der Waals surface area (Å²) in [4.78, 5) is 12.4. The molecule has 0 saturated heterocycles. The Morgan fingerprint density at radius 1 is 1.18 bits per heavy atom. The maximum atomic E-state index is 12.4. The Hall–Kier alpha value is -1.06. The molecule has 10 heteroatoms. The molecule has 3 aromatic rings. The highest BCUT2D eigenvalue weighted by Gasteiger charge is 2.17. The summed E-state index contributed by atoms with van der Waals surface area (Å²) in [6.07, 6.45) is 0. The Morgan fingerprint density at radius 3 is 2.68 bits per heavy atom. The quantitative estimate of drug-likeness (QED) is 0.346. The molecule has 3 rings (SSSR count). The van der Waals surface area contributed by atoms with Crippen LogP contribution in [-0.4, -0.2) is 26.4 Å². The lowest BCUT2D eigenvalue weighted by molar-refractivity contribution is -0.113. The number of aromatic nitrogens is 3. The highest BCUT2D eigenvalue weighted by atomic mass is 79.9. The van der Waals surface area contributed by atoms with Crippen molar-refractivity contribution in [2.75, 3.05) is 11.1 Å². The van der Waals surface area contributed by atoms with Gasteiger partial charge < -0.3 is 9.88 Å². The van der Waals surface area contributed by atoms with E-state index in [0.29, 0.717) is 33.3 Å². The van der Waals surface area contributed by atoms with E-state index in [1.165, 1.54) is 11.8 Å². The second-order valence-electron chi connectivity index (χ2n) is 5.64. The molecule has 146 valence electrons. The number of amides is 1. The summed E-state index contributed by atoms with van der Waals surface area (Å²) in [5.74, 6) is 0.702. The standard InChI is InChI=1S/C18H14Br2Cl2N4OS/c1-2-26-17(12-5-4-11(21)8-14(12)22)24-25-18(26)28-9-16(27)23-15-7-10(19)3-6-13(15)20/h3-8H,2,9H2,1H3,(H,23,27). The number of hydrogen-bond acceptors (Lipinski definition) is 4. The van der Waals surface area contributed by atoms with Gasteiger partial charge in [-0.3, -0.25) is 4.79 Å². The second-order valence-corrected chi connectivity index (χ2v) is 9.19. The number of thioether (sulfide) groups is 1. The minimum Gasteiger partial charge on any atom is -0.324 e. The fourth-order valence-electron chi connectivity index (χ4n) is 2.46. The van der Waals surface area contributed by atoms with Crippen LogP contribution in [-0.2, 0) is 11.3 Å². The normalized spacial score (nSPS) is 10.9. The molecule has 0 spiro atoms. The van der Waals surface area contributed by atoms with Crippen molar-refractivity contribution >= 4 is 78.4 Å². The lowest BCUT2D eigenvalue weighted by atomic mass is 10.2. The molecule has 0 radical (unpaired) electrons. The number of halogens is 4. The van der Waals surface area contributed by atoms with Crippen LogP contribution in [0, 0.1) is 0 Å². The predicted molar refractivity (Wildman–Crippen MR) is 122 cm³/mol. The van der Waals surface area contributed by atoms with Gasteiger partial charge in [-0.05, 0) is 59.3 Å². The highest BCUT2D eigenvalue weighted by Crippen LogP contribution is 2.31. The number of nitrogens with zero attached hydrogens (tertiary/aromatic N) is 3. The molecule has 0 bridgehead atoms. The number of benzene rings is 2. The molecule has 0 unspecified atom stereocenters. The van der Waals surface area contributed by atoms with Crippen molar-refractivity contribution in [1.82, 2.24) is 14.8 Å². The Kier molecular flexibility index (Phi) is 7.44. The third kappa shape index (κ3) is 5.10. The van der Waals surface area contributed by atoms with E-state index in [2.05, 4.69) is 47.4 Å². The Morgan fingerprint density at radius 2 is 1.96 bits per heavy atom. The third-order valence-corrected chi connectivity index (χ3v) is 6.44.